The Bertz CT molecular complexity index is 1760. The molecule has 0 aromatic heterocycles. The van der Waals surface area contributed by atoms with E-state index in [1.165, 1.54) is 7.11 Å². The molecule has 1 amide bonds. The van der Waals surface area contributed by atoms with Gasteiger partial charge in [0.15, 0.2) is 5.78 Å². The number of hydrogen-bond acceptors (Lipinski definition) is 12. The van der Waals surface area contributed by atoms with Crippen LogP contribution < -0.4 is 0 Å². The van der Waals surface area contributed by atoms with E-state index in [1.54, 1.807) is 48.0 Å². The number of carbonyl (C=O) groups excluding carboxylic acids is 5. The highest BCUT2D eigenvalue weighted by molar-refractivity contribution is 6.39. The zero-order valence-corrected chi connectivity index (χ0v) is 40.5. The summed E-state index contributed by atoms with van der Waals surface area (Å²) in [5, 5.41) is 21.9. The third-order valence-corrected chi connectivity index (χ3v) is 14.4. The number of carbonyl (C=O) groups is 5. The molecular formula is C51H78FNO12. The van der Waals surface area contributed by atoms with Gasteiger partial charge in [-0.3, -0.25) is 19.2 Å². The molecule has 13 nitrogen and oxygen atoms in total. The van der Waals surface area contributed by atoms with Crippen LogP contribution in [0.1, 0.15) is 126 Å². The van der Waals surface area contributed by atoms with Crippen molar-refractivity contribution in [1.82, 2.24) is 4.90 Å². The molecule has 2 unspecified atom stereocenters. The second kappa shape index (κ2) is 25.1. The Morgan fingerprint density at radius 3 is 2.26 bits per heavy atom. The first kappa shape index (κ1) is 54.2. The number of methoxy groups -OCH3 is 3. The third kappa shape index (κ3) is 14.3. The number of nitrogens with zero attached hydrogens (tertiary/aromatic N) is 1. The lowest BCUT2D eigenvalue weighted by Crippen LogP contribution is -2.59. The lowest BCUT2D eigenvalue weighted by Gasteiger charge is -2.41. The van der Waals surface area contributed by atoms with E-state index in [4.69, 9.17) is 23.7 Å². The zero-order valence-electron chi connectivity index (χ0n) is 40.5. The predicted octanol–water partition coefficient (Wildman–Crippen LogP) is 7.16. The van der Waals surface area contributed by atoms with E-state index in [-0.39, 0.29) is 67.7 Å². The molecule has 1 saturated carbocycles. The fourth-order valence-electron chi connectivity index (χ4n) is 10.1. The van der Waals surface area contributed by atoms with E-state index in [0.29, 0.717) is 56.9 Å². The van der Waals surface area contributed by atoms with Crippen LogP contribution in [-0.2, 0) is 47.7 Å². The third-order valence-electron chi connectivity index (χ3n) is 14.4. The molecule has 65 heavy (non-hydrogen) atoms. The Labute approximate surface area is 386 Å². The first-order valence-corrected chi connectivity index (χ1v) is 23.9. The van der Waals surface area contributed by atoms with Gasteiger partial charge in [-0.2, -0.15) is 0 Å². The minimum Gasteiger partial charge on any atom is -0.460 e. The molecule has 4 rings (SSSR count). The van der Waals surface area contributed by atoms with Gasteiger partial charge in [-0.15, -0.1) is 0 Å². The second-order valence-corrected chi connectivity index (χ2v) is 19.5. The number of ether oxygens (including phenoxy) is 5. The van der Waals surface area contributed by atoms with Gasteiger partial charge in [0.1, 0.15) is 30.1 Å². The quantitative estimate of drug-likeness (QED) is 0.157. The SMILES string of the molecule is CO[C@H]1C[C@@H]2CC[C@@H](C)C(F)(O2)C(=O)C(=O)N2CCCCC2C(=O)O[C@H]([C@H](C)C[C@@H]2CC[C@@H](O)[C@H](OC)C2)CC(=O)[C@H](C)/C=C(\C)[C@@H](O)[C@@H](OC)C(=O)[C@H](C)C[C@H](C)/C=C/C=C/C=C/1C. The fraction of sp³-hybridized carbons (Fsp3) is 0.745. The molecule has 3 aliphatic heterocycles. The summed E-state index contributed by atoms with van der Waals surface area (Å²) in [5.41, 5.74) is 1.22. The molecule has 2 bridgehead atoms. The van der Waals surface area contributed by atoms with Gasteiger partial charge in [0.05, 0.1) is 24.4 Å². The molecule has 0 aromatic carbocycles. The Balaban J connectivity index is 1.70. The number of fused-ring (bicyclic) bond motifs is 3. The van der Waals surface area contributed by atoms with E-state index in [9.17, 15) is 34.2 Å². The number of amides is 1. The highest BCUT2D eigenvalue weighted by atomic mass is 19.2. The fourth-order valence-corrected chi connectivity index (χ4v) is 10.1. The summed E-state index contributed by atoms with van der Waals surface area (Å²) in [6.07, 6.45) is 10.3. The van der Waals surface area contributed by atoms with Gasteiger partial charge >= 0.3 is 5.97 Å². The van der Waals surface area contributed by atoms with Crippen LogP contribution in [0.5, 0.6) is 0 Å². The van der Waals surface area contributed by atoms with Gasteiger partial charge in [0, 0.05) is 58.5 Å². The van der Waals surface area contributed by atoms with Gasteiger partial charge in [-0.25, -0.2) is 9.18 Å². The number of piperidine rings is 1. The number of rotatable bonds is 6. The van der Waals surface area contributed by atoms with E-state index < -0.39 is 83.9 Å². The van der Waals surface area contributed by atoms with Crippen LogP contribution in [0.4, 0.5) is 4.39 Å². The van der Waals surface area contributed by atoms with Gasteiger partial charge in [-0.1, -0.05) is 71.1 Å². The van der Waals surface area contributed by atoms with Crippen LogP contribution in [0.2, 0.25) is 0 Å². The first-order valence-electron chi connectivity index (χ1n) is 23.9. The molecule has 3 fully saturated rings. The molecule has 1 aliphatic carbocycles. The molecule has 0 spiro atoms. The van der Waals surface area contributed by atoms with Gasteiger partial charge < -0.3 is 38.8 Å². The first-order chi connectivity index (χ1) is 30.7. The number of cyclic esters (lactones) is 1. The number of alkyl halides is 1. The number of hydrogen-bond donors (Lipinski definition) is 2. The Kier molecular flexibility index (Phi) is 20.9. The highest BCUT2D eigenvalue weighted by Gasteiger charge is 2.55. The maximum absolute atomic E-state index is 17.1. The summed E-state index contributed by atoms with van der Waals surface area (Å²) in [6, 6.07) is -1.20. The van der Waals surface area contributed by atoms with Gasteiger partial charge in [0.2, 0.25) is 0 Å². The Morgan fingerprint density at radius 2 is 1.58 bits per heavy atom. The summed E-state index contributed by atoms with van der Waals surface area (Å²) in [4.78, 5) is 71.4. The predicted molar refractivity (Wildman–Crippen MR) is 244 cm³/mol. The number of halogens is 1. The van der Waals surface area contributed by atoms with Gasteiger partial charge in [-0.05, 0) is 107 Å². The number of ketones is 3. The maximum atomic E-state index is 17.1. The van der Waals surface area contributed by atoms with Crippen LogP contribution in [0.15, 0.2) is 47.6 Å². The summed E-state index contributed by atoms with van der Waals surface area (Å²) < 4.78 is 46.1. The zero-order chi connectivity index (χ0) is 48.2. The van der Waals surface area contributed by atoms with Crippen molar-refractivity contribution in [2.75, 3.05) is 27.9 Å². The molecule has 2 saturated heterocycles. The minimum atomic E-state index is -2.93. The number of aliphatic hydroxyl groups excluding tert-OH is 2. The Hall–Kier alpha value is -3.40. The molecule has 15 atom stereocenters. The molecule has 0 radical (unpaired) electrons. The average molecular weight is 916 g/mol. The van der Waals surface area contributed by atoms with Crippen LogP contribution in [0, 0.1) is 35.5 Å². The van der Waals surface area contributed by atoms with Crippen LogP contribution in [0.25, 0.3) is 0 Å². The summed E-state index contributed by atoms with van der Waals surface area (Å²) in [5.74, 6) is -9.16. The Morgan fingerprint density at radius 1 is 0.862 bits per heavy atom. The van der Waals surface area contributed by atoms with Crippen LogP contribution >= 0.6 is 0 Å². The lowest BCUT2D eigenvalue weighted by molar-refractivity contribution is -0.231. The molecule has 366 valence electrons. The van der Waals surface area contributed by atoms with E-state index >= 15 is 4.39 Å². The summed E-state index contributed by atoms with van der Waals surface area (Å²) in [7, 11) is 4.47. The van der Waals surface area contributed by atoms with Crippen LogP contribution in [0.3, 0.4) is 0 Å². The standard InChI is InChI=1S/C51H78FNO12/c1-30-16-12-11-13-17-31(2)42(61-8)28-38-21-19-36(7)51(52,65-38)48(58)49(59)53-23-15-14-18-39(53)50(60)64-43(33(4)26-37-20-22-40(54)44(27-37)62-9)29-41(55)32(3)25-35(6)46(57)47(63-10)45(56)34(5)24-30/h11-13,16-17,25,30,32-34,36-40,42-44,46-47,54,57H,14-15,18-24,26-29H2,1-10H3/b13-11+,16-12+,31-17+,35-25+/t30-,32-,33-,34-,36-,37+,38+,39?,40-,42+,43+,44-,46-,47+,51?/m1/s1. The molecule has 3 heterocycles. The molecular weight excluding hydrogens is 838 g/mol. The van der Waals surface area contributed by atoms with Crippen molar-refractivity contribution in [2.45, 2.75) is 180 Å². The average Bonchev–Trinajstić information content (AvgIpc) is 3.28. The van der Waals surface area contributed by atoms with Crippen molar-refractivity contribution in [3.63, 3.8) is 0 Å². The number of Topliss-reactive ketones (excluding diaryl/α,β-unsaturated/α-hetero) is 3. The molecule has 0 aromatic rings. The van der Waals surface area contributed by atoms with Crippen molar-refractivity contribution in [3.8, 4) is 0 Å². The van der Waals surface area contributed by atoms with E-state index in [2.05, 4.69) is 0 Å². The summed E-state index contributed by atoms with van der Waals surface area (Å²) in [6.45, 7) is 12.5. The highest BCUT2D eigenvalue weighted by Crippen LogP contribution is 2.40. The van der Waals surface area contributed by atoms with E-state index in [1.807, 2.05) is 51.2 Å². The number of allylic oxidation sites excluding steroid dienone is 6. The minimum absolute atomic E-state index is 0.00748. The topological polar surface area (TPSA) is 175 Å². The smallest absolute Gasteiger partial charge is 0.329 e. The maximum Gasteiger partial charge on any atom is 0.329 e. The van der Waals surface area contributed by atoms with Crippen molar-refractivity contribution in [1.29, 1.82) is 0 Å². The molecule has 4 aliphatic rings. The van der Waals surface area contributed by atoms with Crippen LogP contribution in [-0.4, -0.2) is 127 Å². The van der Waals surface area contributed by atoms with Crippen molar-refractivity contribution in [2.24, 2.45) is 35.5 Å². The number of esters is 1. The lowest BCUT2D eigenvalue weighted by atomic mass is 9.78. The van der Waals surface area contributed by atoms with E-state index in [0.717, 1.165) is 10.5 Å². The molecule has 14 heteroatoms. The molecule has 2 N–H and O–H groups in total. The number of aliphatic hydroxyl groups is 2. The monoisotopic (exact) mass is 916 g/mol. The normalized spacial score (nSPS) is 40.4. The van der Waals surface area contributed by atoms with Crippen molar-refractivity contribution < 1.29 is 62.3 Å². The van der Waals surface area contributed by atoms with Crippen molar-refractivity contribution >= 4 is 29.2 Å². The van der Waals surface area contributed by atoms with Gasteiger partial charge in [0.25, 0.3) is 17.5 Å². The summed E-state index contributed by atoms with van der Waals surface area (Å²) >= 11 is 0. The largest absolute Gasteiger partial charge is 0.460 e. The second-order valence-electron chi connectivity index (χ2n) is 19.5. The van der Waals surface area contributed by atoms with Crippen molar-refractivity contribution in [3.05, 3.63) is 47.6 Å².